The molecule has 0 unspecified atom stereocenters. The lowest BCUT2D eigenvalue weighted by atomic mass is 10.3. The predicted molar refractivity (Wildman–Crippen MR) is 47.3 cm³/mol. The van der Waals surface area contributed by atoms with E-state index in [1.807, 2.05) is 13.8 Å². The fraction of sp³-hybridized carbons (Fsp3) is 0.556. The molecule has 0 aromatic carbocycles. The summed E-state index contributed by atoms with van der Waals surface area (Å²) in [7, 11) is 0. The van der Waals surface area contributed by atoms with Crippen LogP contribution in [0.4, 0.5) is 0 Å². The van der Waals surface area contributed by atoms with E-state index in [4.69, 9.17) is 9.84 Å². The summed E-state index contributed by atoms with van der Waals surface area (Å²) in [6, 6.07) is 0. The highest BCUT2D eigenvalue weighted by molar-refractivity contribution is 5.76. The maximum absolute atomic E-state index is 10.8. The van der Waals surface area contributed by atoms with Gasteiger partial charge in [-0.15, -0.1) is 0 Å². The smallest absolute Gasteiger partial charge is 0.306 e. The van der Waals surface area contributed by atoms with E-state index in [1.165, 1.54) is 0 Å². The van der Waals surface area contributed by atoms with Crippen LogP contribution in [0, 0.1) is 0 Å². The molecule has 0 aliphatic heterocycles. The molecule has 0 radical (unpaired) electrons. The van der Waals surface area contributed by atoms with E-state index in [0.29, 0.717) is 0 Å². The highest BCUT2D eigenvalue weighted by Gasteiger charge is 2.04. The monoisotopic (exact) mass is 186 g/mol. The second-order valence-electron chi connectivity index (χ2n) is 2.86. The Morgan fingerprint density at radius 2 is 1.92 bits per heavy atom. The average Bonchev–Trinajstić information content (AvgIpc) is 2.00. The molecule has 0 amide bonds. The topological polar surface area (TPSA) is 63.6 Å². The maximum Gasteiger partial charge on any atom is 0.306 e. The van der Waals surface area contributed by atoms with Gasteiger partial charge in [0, 0.05) is 0 Å². The number of aliphatic carboxylic acids is 1. The summed E-state index contributed by atoms with van der Waals surface area (Å²) >= 11 is 0. The SMILES string of the molecule is CC(C)=CCOC(=O)CCC(=O)O. The summed E-state index contributed by atoms with van der Waals surface area (Å²) in [5.41, 5.74) is 1.06. The Bertz CT molecular complexity index is 214. The number of esters is 1. The van der Waals surface area contributed by atoms with E-state index < -0.39 is 11.9 Å². The minimum Gasteiger partial charge on any atom is -0.481 e. The molecule has 0 aromatic heterocycles. The molecule has 0 atom stereocenters. The summed E-state index contributed by atoms with van der Waals surface area (Å²) in [4.78, 5) is 20.9. The van der Waals surface area contributed by atoms with Crippen LogP contribution in [-0.2, 0) is 14.3 Å². The van der Waals surface area contributed by atoms with Gasteiger partial charge >= 0.3 is 11.9 Å². The third kappa shape index (κ3) is 8.59. The van der Waals surface area contributed by atoms with Gasteiger partial charge in [0.25, 0.3) is 0 Å². The van der Waals surface area contributed by atoms with Crippen LogP contribution in [0.2, 0.25) is 0 Å². The summed E-state index contributed by atoms with van der Waals surface area (Å²) in [5, 5.41) is 8.26. The fourth-order valence-corrected chi connectivity index (χ4v) is 0.582. The lowest BCUT2D eigenvalue weighted by molar-refractivity contribution is -0.146. The molecule has 0 rings (SSSR count). The van der Waals surface area contributed by atoms with Crippen molar-refractivity contribution in [2.24, 2.45) is 0 Å². The van der Waals surface area contributed by atoms with Gasteiger partial charge in [-0.3, -0.25) is 9.59 Å². The summed E-state index contributed by atoms with van der Waals surface area (Å²) in [6.07, 6.45) is 1.53. The normalized spacial score (nSPS) is 9.08. The Morgan fingerprint density at radius 3 is 2.38 bits per heavy atom. The van der Waals surface area contributed by atoms with Crippen molar-refractivity contribution >= 4 is 11.9 Å². The van der Waals surface area contributed by atoms with Gasteiger partial charge < -0.3 is 9.84 Å². The van der Waals surface area contributed by atoms with Gasteiger partial charge in [-0.05, 0) is 19.9 Å². The minimum atomic E-state index is -0.987. The number of ether oxygens (including phenoxy) is 1. The van der Waals surface area contributed by atoms with E-state index in [2.05, 4.69) is 0 Å². The first-order chi connectivity index (χ1) is 6.02. The predicted octanol–water partition coefficient (Wildman–Crippen LogP) is 1.36. The number of allylic oxidation sites excluding steroid dienone is 1. The van der Waals surface area contributed by atoms with Gasteiger partial charge in [-0.25, -0.2) is 0 Å². The first-order valence-corrected chi connectivity index (χ1v) is 4.03. The molecule has 0 aliphatic rings. The molecule has 0 aromatic rings. The van der Waals surface area contributed by atoms with Crippen LogP contribution in [0.25, 0.3) is 0 Å². The highest BCUT2D eigenvalue weighted by atomic mass is 16.5. The van der Waals surface area contributed by atoms with Crippen molar-refractivity contribution in [2.75, 3.05) is 6.61 Å². The molecule has 13 heavy (non-hydrogen) atoms. The van der Waals surface area contributed by atoms with Crippen molar-refractivity contribution in [1.82, 2.24) is 0 Å². The van der Waals surface area contributed by atoms with Crippen LogP contribution in [-0.4, -0.2) is 23.7 Å². The van der Waals surface area contributed by atoms with Crippen LogP contribution in [0.3, 0.4) is 0 Å². The van der Waals surface area contributed by atoms with Crippen LogP contribution in [0.5, 0.6) is 0 Å². The second kappa shape index (κ2) is 6.22. The van der Waals surface area contributed by atoms with E-state index in [1.54, 1.807) is 6.08 Å². The zero-order valence-corrected chi connectivity index (χ0v) is 7.87. The Hall–Kier alpha value is -1.32. The quantitative estimate of drug-likeness (QED) is 0.520. The molecule has 0 aliphatic carbocycles. The van der Waals surface area contributed by atoms with Crippen LogP contribution in [0.1, 0.15) is 26.7 Å². The molecular weight excluding hydrogens is 172 g/mol. The number of carbonyl (C=O) groups excluding carboxylic acids is 1. The summed E-state index contributed by atoms with van der Waals surface area (Å²) < 4.78 is 4.72. The number of hydrogen-bond acceptors (Lipinski definition) is 3. The maximum atomic E-state index is 10.8. The molecule has 1 N–H and O–H groups in total. The molecule has 0 fully saturated rings. The summed E-state index contributed by atoms with van der Waals surface area (Å²) in [5.74, 6) is -1.46. The fourth-order valence-electron chi connectivity index (χ4n) is 0.582. The lowest BCUT2D eigenvalue weighted by Crippen LogP contribution is -2.07. The molecule has 74 valence electrons. The van der Waals surface area contributed by atoms with Gasteiger partial charge in [-0.1, -0.05) is 5.57 Å². The standard InChI is InChI=1S/C9H14O4/c1-7(2)5-6-13-9(12)4-3-8(10)11/h5H,3-4,6H2,1-2H3,(H,10,11). The lowest BCUT2D eigenvalue weighted by Gasteiger charge is -1.99. The van der Waals surface area contributed by atoms with Gasteiger partial charge in [0.1, 0.15) is 6.61 Å². The third-order valence-corrected chi connectivity index (χ3v) is 1.28. The Morgan fingerprint density at radius 1 is 1.31 bits per heavy atom. The van der Waals surface area contributed by atoms with Gasteiger partial charge in [0.2, 0.25) is 0 Å². The Kier molecular flexibility index (Phi) is 5.59. The third-order valence-electron chi connectivity index (χ3n) is 1.28. The van der Waals surface area contributed by atoms with Crippen molar-refractivity contribution in [3.05, 3.63) is 11.6 Å². The molecule has 0 bridgehead atoms. The van der Waals surface area contributed by atoms with Crippen molar-refractivity contribution in [1.29, 1.82) is 0 Å². The molecule has 0 saturated heterocycles. The molecular formula is C9H14O4. The number of carboxylic acids is 1. The molecule has 4 heteroatoms. The van der Waals surface area contributed by atoms with Crippen LogP contribution in [0.15, 0.2) is 11.6 Å². The van der Waals surface area contributed by atoms with Crippen molar-refractivity contribution in [3.8, 4) is 0 Å². The van der Waals surface area contributed by atoms with Gasteiger partial charge in [0.05, 0.1) is 12.8 Å². The zero-order valence-electron chi connectivity index (χ0n) is 7.87. The van der Waals surface area contributed by atoms with Gasteiger partial charge in [-0.2, -0.15) is 0 Å². The Labute approximate surface area is 77.2 Å². The molecule has 4 nitrogen and oxygen atoms in total. The Balaban J connectivity index is 3.52. The van der Waals surface area contributed by atoms with Crippen LogP contribution >= 0.6 is 0 Å². The zero-order chi connectivity index (χ0) is 10.3. The number of rotatable bonds is 5. The van der Waals surface area contributed by atoms with Crippen molar-refractivity contribution in [3.63, 3.8) is 0 Å². The number of carbonyl (C=O) groups is 2. The first-order valence-electron chi connectivity index (χ1n) is 4.03. The summed E-state index contributed by atoms with van der Waals surface area (Å²) in [6.45, 7) is 4.01. The van der Waals surface area contributed by atoms with Crippen LogP contribution < -0.4 is 0 Å². The highest BCUT2D eigenvalue weighted by Crippen LogP contribution is 1.94. The van der Waals surface area contributed by atoms with E-state index in [0.717, 1.165) is 5.57 Å². The molecule has 0 spiro atoms. The van der Waals surface area contributed by atoms with E-state index in [9.17, 15) is 9.59 Å². The number of carboxylic acid groups (broad SMARTS) is 1. The number of hydrogen-bond donors (Lipinski definition) is 1. The van der Waals surface area contributed by atoms with E-state index in [-0.39, 0.29) is 19.4 Å². The minimum absolute atomic E-state index is 0.0636. The van der Waals surface area contributed by atoms with Crippen molar-refractivity contribution < 1.29 is 19.4 Å². The molecule has 0 heterocycles. The average molecular weight is 186 g/mol. The van der Waals surface area contributed by atoms with E-state index >= 15 is 0 Å². The van der Waals surface area contributed by atoms with Gasteiger partial charge in [0.15, 0.2) is 0 Å². The van der Waals surface area contributed by atoms with Crippen molar-refractivity contribution in [2.45, 2.75) is 26.7 Å². The first kappa shape index (κ1) is 11.7. The molecule has 0 saturated carbocycles. The second-order valence-corrected chi connectivity index (χ2v) is 2.86. The largest absolute Gasteiger partial charge is 0.481 e.